The monoisotopic (exact) mass is 373 g/mol. The van der Waals surface area contributed by atoms with Gasteiger partial charge in [-0.25, -0.2) is 0 Å². The third kappa shape index (κ3) is 8.68. The number of aromatic nitrogens is 2. The van der Waals surface area contributed by atoms with Gasteiger partial charge in [-0.2, -0.15) is 0 Å². The zero-order chi connectivity index (χ0) is 20.2. The van der Waals surface area contributed by atoms with E-state index in [-0.39, 0.29) is 0 Å². The van der Waals surface area contributed by atoms with Gasteiger partial charge < -0.3 is 29.4 Å². The Morgan fingerprint density at radius 3 is 2.26 bits per heavy atom. The number of aromatic amines is 1. The number of carbonyl (C=O) groups is 2. The highest BCUT2D eigenvalue weighted by molar-refractivity contribution is 5.87. The molecule has 8 nitrogen and oxygen atoms in total. The minimum absolute atomic E-state index is 0.384. The van der Waals surface area contributed by atoms with Gasteiger partial charge >= 0.3 is 0 Å². The molecule has 146 valence electrons. The van der Waals surface area contributed by atoms with Crippen molar-refractivity contribution in [3.05, 3.63) is 48.0 Å². The lowest BCUT2D eigenvalue weighted by atomic mass is 10.1. The Bertz CT molecular complexity index is 738. The Labute approximate surface area is 158 Å². The largest absolute Gasteiger partial charge is 0.545 e. The molecule has 2 rings (SSSR count). The molecule has 2 aromatic rings. The SMILES string of the molecule is Cc1c(OCCCN(C)C)n[nH]c1-c1ccccc1.O=C([O-])C=CC(=O)[O-]. The lowest BCUT2D eigenvalue weighted by molar-refractivity contribution is -0.301. The van der Waals surface area contributed by atoms with Crippen LogP contribution in [0, 0.1) is 6.92 Å². The van der Waals surface area contributed by atoms with Crippen molar-refractivity contribution in [1.29, 1.82) is 0 Å². The van der Waals surface area contributed by atoms with Crippen molar-refractivity contribution >= 4 is 11.9 Å². The van der Waals surface area contributed by atoms with E-state index in [0.29, 0.717) is 24.6 Å². The molecular weight excluding hydrogens is 350 g/mol. The third-order valence-corrected chi connectivity index (χ3v) is 3.37. The van der Waals surface area contributed by atoms with Gasteiger partial charge in [-0.1, -0.05) is 30.3 Å². The highest BCUT2D eigenvalue weighted by Crippen LogP contribution is 2.26. The average Bonchev–Trinajstić information content (AvgIpc) is 2.99. The van der Waals surface area contributed by atoms with E-state index in [2.05, 4.69) is 41.3 Å². The van der Waals surface area contributed by atoms with Crippen molar-refractivity contribution in [2.45, 2.75) is 13.3 Å². The van der Waals surface area contributed by atoms with Crippen LogP contribution in [0.2, 0.25) is 0 Å². The molecule has 0 amide bonds. The lowest BCUT2D eigenvalue weighted by Crippen LogP contribution is -2.23. The number of rotatable bonds is 8. The van der Waals surface area contributed by atoms with Crippen LogP contribution in [0.25, 0.3) is 11.3 Å². The first kappa shape index (κ1) is 21.9. The van der Waals surface area contributed by atoms with Gasteiger partial charge in [0.1, 0.15) is 0 Å². The van der Waals surface area contributed by atoms with E-state index in [4.69, 9.17) is 4.74 Å². The van der Waals surface area contributed by atoms with Crippen LogP contribution in [0.15, 0.2) is 42.5 Å². The fourth-order valence-corrected chi connectivity index (χ4v) is 2.09. The standard InChI is InChI=1S/C15H21N3O.C4H4O4/c1-12-14(13-8-5-4-6-9-13)16-17-15(12)19-11-7-10-18(2)3;5-3(6)1-2-4(7)8/h4-6,8-9H,7,10-11H2,1-3H3,(H,16,17);1-2H,(H,5,6)(H,7,8)/p-2. The van der Waals surface area contributed by atoms with E-state index in [9.17, 15) is 19.8 Å². The molecule has 8 heteroatoms. The average molecular weight is 373 g/mol. The van der Waals surface area contributed by atoms with Gasteiger partial charge in [0.2, 0.25) is 5.88 Å². The van der Waals surface area contributed by atoms with Gasteiger partial charge in [0, 0.05) is 12.1 Å². The highest BCUT2D eigenvalue weighted by atomic mass is 16.5. The summed E-state index contributed by atoms with van der Waals surface area (Å²) in [5.74, 6) is -2.39. The van der Waals surface area contributed by atoms with Crippen LogP contribution in [0.3, 0.4) is 0 Å². The number of hydrogen-bond acceptors (Lipinski definition) is 7. The number of nitrogens with zero attached hydrogens (tertiary/aromatic N) is 2. The zero-order valence-corrected chi connectivity index (χ0v) is 15.6. The summed E-state index contributed by atoms with van der Waals surface area (Å²) in [4.78, 5) is 21.0. The second kappa shape index (κ2) is 11.5. The summed E-state index contributed by atoms with van der Waals surface area (Å²) in [6.45, 7) is 3.75. The Morgan fingerprint density at radius 2 is 1.74 bits per heavy atom. The van der Waals surface area contributed by atoms with Crippen LogP contribution < -0.4 is 14.9 Å². The van der Waals surface area contributed by atoms with Crippen molar-refractivity contribution in [3.8, 4) is 17.1 Å². The van der Waals surface area contributed by atoms with Gasteiger partial charge in [0.15, 0.2) is 0 Å². The summed E-state index contributed by atoms with van der Waals surface area (Å²) < 4.78 is 5.72. The third-order valence-electron chi connectivity index (χ3n) is 3.37. The number of nitrogens with one attached hydrogen (secondary N) is 1. The molecule has 1 aromatic heterocycles. The molecule has 0 aliphatic rings. The van der Waals surface area contributed by atoms with Crippen molar-refractivity contribution in [3.63, 3.8) is 0 Å². The van der Waals surface area contributed by atoms with Crippen LogP contribution in [0.5, 0.6) is 5.88 Å². The van der Waals surface area contributed by atoms with Crippen LogP contribution in [-0.4, -0.2) is 54.3 Å². The topological polar surface area (TPSA) is 121 Å². The predicted molar refractivity (Wildman–Crippen MR) is 96.6 cm³/mol. The van der Waals surface area contributed by atoms with Gasteiger partial charge in [-0.05, 0) is 45.2 Å². The number of carbonyl (C=O) groups excluding carboxylic acids is 2. The van der Waals surface area contributed by atoms with Crippen molar-refractivity contribution in [1.82, 2.24) is 15.1 Å². The number of aliphatic carboxylic acids is 2. The number of hydrogen-bond donors (Lipinski definition) is 1. The summed E-state index contributed by atoms with van der Waals surface area (Å²) in [6.07, 6.45) is 1.77. The Balaban J connectivity index is 0.000000387. The first-order chi connectivity index (χ1) is 12.8. The van der Waals surface area contributed by atoms with Gasteiger partial charge in [0.25, 0.3) is 0 Å². The fourth-order valence-electron chi connectivity index (χ4n) is 2.09. The maximum absolute atomic E-state index is 9.41. The zero-order valence-electron chi connectivity index (χ0n) is 15.6. The molecule has 0 spiro atoms. The first-order valence-corrected chi connectivity index (χ1v) is 8.29. The lowest BCUT2D eigenvalue weighted by Gasteiger charge is -2.09. The molecule has 27 heavy (non-hydrogen) atoms. The number of carboxylic acid groups (broad SMARTS) is 2. The van der Waals surface area contributed by atoms with E-state index in [1.807, 2.05) is 25.1 Å². The van der Waals surface area contributed by atoms with Crippen molar-refractivity contribution in [2.75, 3.05) is 27.2 Å². The van der Waals surface area contributed by atoms with Gasteiger partial charge in [-0.15, -0.1) is 5.10 Å². The van der Waals surface area contributed by atoms with Gasteiger partial charge in [-0.3, -0.25) is 5.10 Å². The second-order valence-electron chi connectivity index (χ2n) is 5.87. The molecule has 0 aliphatic heterocycles. The highest BCUT2D eigenvalue weighted by Gasteiger charge is 2.11. The fraction of sp³-hybridized carbons (Fsp3) is 0.316. The summed E-state index contributed by atoms with van der Waals surface area (Å²) >= 11 is 0. The smallest absolute Gasteiger partial charge is 0.236 e. The first-order valence-electron chi connectivity index (χ1n) is 8.29. The molecule has 0 bridgehead atoms. The van der Waals surface area contributed by atoms with E-state index in [1.165, 1.54) is 0 Å². The van der Waals surface area contributed by atoms with Crippen LogP contribution in [0.4, 0.5) is 0 Å². The summed E-state index contributed by atoms with van der Waals surface area (Å²) in [6, 6.07) is 10.2. The van der Waals surface area contributed by atoms with Crippen LogP contribution in [-0.2, 0) is 9.59 Å². The van der Waals surface area contributed by atoms with Crippen LogP contribution in [0.1, 0.15) is 12.0 Å². The molecule has 1 heterocycles. The number of carboxylic acids is 2. The van der Waals surface area contributed by atoms with E-state index < -0.39 is 11.9 Å². The molecule has 0 saturated heterocycles. The normalized spacial score (nSPS) is 10.5. The molecule has 0 unspecified atom stereocenters. The number of benzene rings is 1. The quantitative estimate of drug-likeness (QED) is 0.500. The van der Waals surface area contributed by atoms with Crippen LogP contribution >= 0.6 is 0 Å². The molecule has 1 aromatic carbocycles. The summed E-state index contributed by atoms with van der Waals surface area (Å²) in [5, 5.41) is 26.1. The van der Waals surface area contributed by atoms with Crippen molar-refractivity contribution in [2.24, 2.45) is 0 Å². The molecule has 0 atom stereocenters. The molecule has 0 aliphatic carbocycles. The van der Waals surface area contributed by atoms with E-state index in [0.717, 1.165) is 29.8 Å². The second-order valence-corrected chi connectivity index (χ2v) is 5.87. The number of H-pyrrole nitrogens is 1. The van der Waals surface area contributed by atoms with Crippen molar-refractivity contribution < 1.29 is 24.5 Å². The van der Waals surface area contributed by atoms with E-state index in [1.54, 1.807) is 0 Å². The van der Waals surface area contributed by atoms with E-state index >= 15 is 0 Å². The number of ether oxygens (including phenoxy) is 1. The maximum Gasteiger partial charge on any atom is 0.236 e. The minimum Gasteiger partial charge on any atom is -0.545 e. The molecule has 1 N–H and O–H groups in total. The molecular formula is C19H23N3O5-2. The Hall–Kier alpha value is -3.13. The molecule has 0 fully saturated rings. The Morgan fingerprint density at radius 1 is 1.15 bits per heavy atom. The minimum atomic E-state index is -1.55. The predicted octanol–water partition coefficient (Wildman–Crippen LogP) is -0.242. The Kier molecular flexibility index (Phi) is 9.32. The summed E-state index contributed by atoms with van der Waals surface area (Å²) in [5.41, 5.74) is 3.23. The van der Waals surface area contributed by atoms with Gasteiger partial charge in [0.05, 0.1) is 24.2 Å². The maximum atomic E-state index is 9.41. The summed E-state index contributed by atoms with van der Waals surface area (Å²) in [7, 11) is 4.13. The molecule has 0 saturated carbocycles. The molecule has 0 radical (unpaired) electrons.